The summed E-state index contributed by atoms with van der Waals surface area (Å²) in [6.07, 6.45) is 5.37. The first kappa shape index (κ1) is 18.8. The van der Waals surface area contributed by atoms with E-state index in [1.54, 1.807) is 29.4 Å². The fourth-order valence-electron chi connectivity index (χ4n) is 3.39. The summed E-state index contributed by atoms with van der Waals surface area (Å²) in [5.74, 6) is -0.401. The molecule has 1 saturated heterocycles. The van der Waals surface area contributed by atoms with Gasteiger partial charge in [-0.1, -0.05) is 18.2 Å². The lowest BCUT2D eigenvalue weighted by Crippen LogP contribution is -2.49. The van der Waals surface area contributed by atoms with E-state index in [9.17, 15) is 14.0 Å². The molecule has 6 nitrogen and oxygen atoms in total. The van der Waals surface area contributed by atoms with Crippen molar-refractivity contribution in [1.82, 2.24) is 14.8 Å². The van der Waals surface area contributed by atoms with Gasteiger partial charge in [0, 0.05) is 32.0 Å². The van der Waals surface area contributed by atoms with Crippen molar-refractivity contribution in [1.29, 1.82) is 0 Å². The van der Waals surface area contributed by atoms with Crippen molar-refractivity contribution in [2.45, 2.75) is 31.8 Å². The molecule has 3 rings (SSSR count). The number of hydrogen-bond donors (Lipinski definition) is 1. The smallest absolute Gasteiger partial charge is 0.315 e. The number of nitrogens with two attached hydrogens (primary N) is 1. The van der Waals surface area contributed by atoms with E-state index in [1.165, 1.54) is 17.0 Å². The van der Waals surface area contributed by atoms with Gasteiger partial charge in [0.05, 0.1) is 0 Å². The van der Waals surface area contributed by atoms with Crippen LogP contribution in [0.1, 0.15) is 24.0 Å². The Bertz CT molecular complexity index is 782. The third-order valence-electron chi connectivity index (χ3n) is 4.81. The van der Waals surface area contributed by atoms with Crippen LogP contribution in [0.4, 0.5) is 9.18 Å². The molecule has 27 heavy (non-hydrogen) atoms. The number of primary amides is 1. The molecule has 2 N–H and O–H groups in total. The number of urea groups is 1. The van der Waals surface area contributed by atoms with Crippen LogP contribution in [0.3, 0.4) is 0 Å². The van der Waals surface area contributed by atoms with Gasteiger partial charge in [-0.15, -0.1) is 0 Å². The van der Waals surface area contributed by atoms with Gasteiger partial charge in [-0.2, -0.15) is 0 Å². The van der Waals surface area contributed by atoms with Gasteiger partial charge in [0.1, 0.15) is 11.9 Å². The molecule has 1 aliphatic heterocycles. The molecule has 142 valence electrons. The fourth-order valence-corrected chi connectivity index (χ4v) is 3.39. The Labute approximate surface area is 157 Å². The average molecular weight is 370 g/mol. The minimum absolute atomic E-state index is 0.114. The fraction of sp³-hybridized carbons (Fsp3) is 0.350. The summed E-state index contributed by atoms with van der Waals surface area (Å²) < 4.78 is 13.1. The predicted octanol–water partition coefficient (Wildman–Crippen LogP) is 2.34. The van der Waals surface area contributed by atoms with Gasteiger partial charge in [-0.25, -0.2) is 9.18 Å². The number of benzene rings is 1. The van der Waals surface area contributed by atoms with Crippen LogP contribution in [-0.2, 0) is 17.8 Å². The largest absolute Gasteiger partial charge is 0.351 e. The highest BCUT2D eigenvalue weighted by Crippen LogP contribution is 2.20. The lowest BCUT2D eigenvalue weighted by molar-refractivity contribution is -0.135. The monoisotopic (exact) mass is 370 g/mol. The third kappa shape index (κ3) is 4.81. The molecule has 0 spiro atoms. The molecule has 1 atom stereocenters. The van der Waals surface area contributed by atoms with Gasteiger partial charge in [-0.05, 0) is 48.6 Å². The van der Waals surface area contributed by atoms with Crippen LogP contribution < -0.4 is 5.73 Å². The second-order valence-electron chi connectivity index (χ2n) is 6.69. The van der Waals surface area contributed by atoms with Gasteiger partial charge in [-0.3, -0.25) is 9.78 Å². The van der Waals surface area contributed by atoms with Gasteiger partial charge in [0.2, 0.25) is 5.91 Å². The Morgan fingerprint density at radius 3 is 2.67 bits per heavy atom. The van der Waals surface area contributed by atoms with Crippen LogP contribution in [0, 0.1) is 5.82 Å². The Balaban J connectivity index is 1.75. The van der Waals surface area contributed by atoms with Gasteiger partial charge < -0.3 is 15.5 Å². The summed E-state index contributed by atoms with van der Waals surface area (Å²) in [5.41, 5.74) is 7.28. The number of hydrogen-bond acceptors (Lipinski definition) is 3. The number of halogens is 1. The summed E-state index contributed by atoms with van der Waals surface area (Å²) in [5, 5.41) is 0. The number of amides is 3. The van der Waals surface area contributed by atoms with E-state index in [0.29, 0.717) is 32.5 Å². The molecule has 0 radical (unpaired) electrons. The molecule has 1 aliphatic rings. The molecular formula is C20H23FN4O2. The number of rotatable bonds is 6. The zero-order valence-electron chi connectivity index (χ0n) is 15.1. The summed E-state index contributed by atoms with van der Waals surface area (Å²) in [7, 11) is 0. The summed E-state index contributed by atoms with van der Waals surface area (Å²) in [4.78, 5) is 32.0. The van der Waals surface area contributed by atoms with E-state index in [0.717, 1.165) is 17.5 Å². The summed E-state index contributed by atoms with van der Waals surface area (Å²) >= 11 is 0. The minimum atomic E-state index is -0.564. The van der Waals surface area contributed by atoms with Crippen molar-refractivity contribution >= 4 is 11.9 Å². The molecule has 1 aromatic carbocycles. The maximum absolute atomic E-state index is 13.1. The quantitative estimate of drug-likeness (QED) is 0.848. The highest BCUT2D eigenvalue weighted by Gasteiger charge is 2.35. The summed E-state index contributed by atoms with van der Waals surface area (Å²) in [6, 6.07) is 8.90. The Kier molecular flexibility index (Phi) is 6.01. The number of nitrogens with zero attached hydrogens (tertiary/aromatic N) is 3. The first-order valence-corrected chi connectivity index (χ1v) is 9.03. The SMILES string of the molecule is NC(=O)N1CCC[C@H]1C(=O)N(CCc1ccc(F)cc1)Cc1cccnc1. The second-order valence-corrected chi connectivity index (χ2v) is 6.69. The van der Waals surface area contributed by atoms with Crippen LogP contribution >= 0.6 is 0 Å². The summed E-state index contributed by atoms with van der Waals surface area (Å²) in [6.45, 7) is 1.36. The highest BCUT2D eigenvalue weighted by molar-refractivity contribution is 5.87. The van der Waals surface area contributed by atoms with Crippen molar-refractivity contribution in [3.8, 4) is 0 Å². The molecule has 2 heterocycles. The molecule has 1 fully saturated rings. The lowest BCUT2D eigenvalue weighted by atomic mass is 10.1. The molecular weight excluding hydrogens is 347 g/mol. The molecule has 2 aromatic rings. The van der Waals surface area contributed by atoms with Gasteiger partial charge >= 0.3 is 6.03 Å². The predicted molar refractivity (Wildman–Crippen MR) is 99.1 cm³/mol. The van der Waals surface area contributed by atoms with E-state index >= 15 is 0 Å². The maximum atomic E-state index is 13.1. The number of carbonyl (C=O) groups is 2. The van der Waals surface area contributed by atoms with Crippen LogP contribution in [0.15, 0.2) is 48.8 Å². The van der Waals surface area contributed by atoms with Crippen LogP contribution in [-0.4, -0.2) is 45.9 Å². The third-order valence-corrected chi connectivity index (χ3v) is 4.81. The van der Waals surface area contributed by atoms with Crippen molar-refractivity contribution in [3.63, 3.8) is 0 Å². The maximum Gasteiger partial charge on any atom is 0.315 e. The van der Waals surface area contributed by atoms with E-state index in [-0.39, 0.29) is 11.7 Å². The van der Waals surface area contributed by atoms with E-state index in [1.807, 2.05) is 12.1 Å². The van der Waals surface area contributed by atoms with Crippen molar-refractivity contribution in [2.75, 3.05) is 13.1 Å². The molecule has 0 unspecified atom stereocenters. The molecule has 1 aromatic heterocycles. The molecule has 0 aliphatic carbocycles. The number of carbonyl (C=O) groups excluding carboxylic acids is 2. The minimum Gasteiger partial charge on any atom is -0.351 e. The van der Waals surface area contributed by atoms with E-state index < -0.39 is 12.1 Å². The van der Waals surface area contributed by atoms with E-state index in [4.69, 9.17) is 5.73 Å². The number of pyridine rings is 1. The molecule has 3 amide bonds. The first-order chi connectivity index (χ1) is 13.0. The molecule has 7 heteroatoms. The van der Waals surface area contributed by atoms with Crippen molar-refractivity contribution in [3.05, 3.63) is 65.7 Å². The average Bonchev–Trinajstić information content (AvgIpc) is 3.17. The standard InChI is InChI=1S/C20H23FN4O2/c21-17-7-5-15(6-8-17)9-12-24(14-16-3-1-10-23-13-16)19(26)18-4-2-11-25(18)20(22)27/h1,3,5-8,10,13,18H,2,4,9,11-12,14H2,(H2,22,27)/t18-/m0/s1. The van der Waals surface area contributed by atoms with Crippen LogP contribution in [0.25, 0.3) is 0 Å². The zero-order chi connectivity index (χ0) is 19.2. The Morgan fingerprint density at radius 2 is 2.00 bits per heavy atom. The second kappa shape index (κ2) is 8.62. The van der Waals surface area contributed by atoms with E-state index in [2.05, 4.69) is 4.98 Å². The lowest BCUT2D eigenvalue weighted by Gasteiger charge is -2.29. The number of likely N-dealkylation sites (tertiary alicyclic amines) is 1. The van der Waals surface area contributed by atoms with Gasteiger partial charge in [0.15, 0.2) is 0 Å². The van der Waals surface area contributed by atoms with Crippen molar-refractivity contribution in [2.24, 2.45) is 5.73 Å². The van der Waals surface area contributed by atoms with Crippen LogP contribution in [0.5, 0.6) is 0 Å². The molecule has 0 bridgehead atoms. The Morgan fingerprint density at radius 1 is 1.22 bits per heavy atom. The molecule has 0 saturated carbocycles. The van der Waals surface area contributed by atoms with Crippen LogP contribution in [0.2, 0.25) is 0 Å². The number of aromatic nitrogens is 1. The highest BCUT2D eigenvalue weighted by atomic mass is 19.1. The normalized spacial score (nSPS) is 16.3. The van der Waals surface area contributed by atoms with Crippen molar-refractivity contribution < 1.29 is 14.0 Å². The Hall–Kier alpha value is -2.96. The van der Waals surface area contributed by atoms with Gasteiger partial charge in [0.25, 0.3) is 0 Å². The first-order valence-electron chi connectivity index (χ1n) is 9.03. The topological polar surface area (TPSA) is 79.5 Å². The zero-order valence-corrected chi connectivity index (χ0v) is 15.1.